The topological polar surface area (TPSA) is 635 Å². The summed E-state index contributed by atoms with van der Waals surface area (Å²) < 4.78 is 85.8. The van der Waals surface area contributed by atoms with Gasteiger partial charge in [0.2, 0.25) is 0 Å². The largest absolute Gasteiger partial charge is 0.386 e. The Hall–Kier alpha value is 2.66. The predicted molar refractivity (Wildman–Crippen MR) is 357 cm³/mol. The molecule has 35 N–H and O–H groups in total. The Labute approximate surface area is 612 Å². The van der Waals surface area contributed by atoms with Crippen LogP contribution in [0.3, 0.4) is 0 Å². The molecule has 0 amide bonds. The van der Waals surface area contributed by atoms with Crippen LogP contribution in [0.5, 0.6) is 0 Å². The summed E-state index contributed by atoms with van der Waals surface area (Å²) in [5.41, 5.74) is 89.1. The van der Waals surface area contributed by atoms with Gasteiger partial charge in [-0.3, -0.25) is 0 Å². The minimum Gasteiger partial charge on any atom is -0.386 e. The Morgan fingerprint density at radius 2 is 0.264 bits per heavy atom. The van der Waals surface area contributed by atoms with Gasteiger partial charge in [-0.1, -0.05) is 0 Å². The fraction of sp³-hybridized carbons (Fsp3) is 1.00. The Balaban J connectivity index is -0.00000101. The van der Waals surface area contributed by atoms with Crippen LogP contribution in [0.15, 0.2) is 0 Å². The first-order chi connectivity index (χ1) is 36.7. The third-order valence-corrected chi connectivity index (χ3v) is 15.8. The lowest BCUT2D eigenvalue weighted by Crippen LogP contribution is -2.71. The van der Waals surface area contributed by atoms with Crippen molar-refractivity contribution in [3.05, 3.63) is 0 Å². The van der Waals surface area contributed by atoms with Gasteiger partial charge in [0.05, 0.1) is 42.3 Å². The van der Waals surface area contributed by atoms with E-state index < -0.39 is 215 Å². The molecule has 0 saturated carbocycles. The average molecular weight is 1630 g/mol. The van der Waals surface area contributed by atoms with Gasteiger partial charge in [0.15, 0.2) is 44.0 Å². The molecule has 35 nitrogen and oxygen atoms in total. The first kappa shape index (κ1) is 107. The Morgan fingerprint density at radius 1 is 0.176 bits per heavy atom. The zero-order chi connectivity index (χ0) is 56.1. The maximum atomic E-state index is 11.6. The highest BCUT2D eigenvalue weighted by Crippen LogP contribution is 2.37. The van der Waals surface area contributed by atoms with E-state index in [-0.39, 0.29) is 220 Å². The summed E-state index contributed by atoms with van der Waals surface area (Å²) in [7, 11) is 0. The van der Waals surface area contributed by atoms with Crippen molar-refractivity contribution in [1.82, 2.24) is 0 Å². The van der Waals surface area contributed by atoms with Crippen molar-refractivity contribution in [2.75, 3.05) is 45.8 Å². The van der Waals surface area contributed by atoms with E-state index in [1.54, 1.807) is 0 Å². The van der Waals surface area contributed by atoms with E-state index in [2.05, 4.69) is 0 Å². The molecule has 14 bridgehead atoms. The highest BCUT2D eigenvalue weighted by Gasteiger charge is 2.58. The molecule has 560 valence electrons. The summed E-state index contributed by atoms with van der Waals surface area (Å²) in [4.78, 5) is 0. The number of rotatable bonds is 7. The smallest absolute Gasteiger partial charge is 0.186 e. The molecule has 21 rings (SSSR count). The first-order valence-corrected chi connectivity index (χ1v) is 25.8. The summed E-state index contributed by atoms with van der Waals surface area (Å²) in [5, 5.41) is 81.1. The molecular weight excluding hydrogens is 1530 g/mol. The standard InChI is InChI=1S/C42H84N14O21.14ClH/c43-1-8-29-15(50)22(57)36(64-8)72-30-9(2-44)66-38(24(59)17(30)52)74-32-11(4-46)68-40(26(61)19(32)54)76-34-13(6-48)70-42(28(63)21(34)56)77-35-14(7-49)69-41(27(62)20(35)55)75-33-12(5-47)67-39(25(60)18(33)53)73-31-10(3-45)65-37(71-29)23(58)16(31)51;;;;;;;;;;;;;;/h8-42,57-63H,1-7,43-56H2;14*1H/t8-,9-,10-,11-,12-,13-,14-,15+,16+,17+,18+,19+,20+,21+,22+,23+,24+,25+,26+,27+,28+,29-,30-,31-,32-,33-,34-,35-,36-,37-,38-,39-,40-,41-,42-;;;;;;;;;;;;;;/m1............../s1. The summed E-state index contributed by atoms with van der Waals surface area (Å²) >= 11 is 0. The second-order valence-electron chi connectivity index (χ2n) is 20.6. The number of hydrogen-bond donors (Lipinski definition) is 21. The molecule has 0 unspecified atom stereocenters. The molecule has 21 aliphatic rings. The van der Waals surface area contributed by atoms with Gasteiger partial charge >= 0.3 is 0 Å². The molecule has 0 spiro atoms. The maximum Gasteiger partial charge on any atom is 0.186 e. The van der Waals surface area contributed by atoms with Crippen LogP contribution in [0, 0.1) is 0 Å². The zero-order valence-corrected chi connectivity index (χ0v) is 59.2. The van der Waals surface area contributed by atoms with Crippen LogP contribution in [-0.2, 0) is 66.3 Å². The van der Waals surface area contributed by atoms with E-state index in [1.807, 2.05) is 0 Å². The van der Waals surface area contributed by atoms with E-state index in [9.17, 15) is 35.7 Å². The van der Waals surface area contributed by atoms with Gasteiger partial charge in [0, 0.05) is 45.8 Å². The predicted octanol–water partition coefficient (Wildman–Crippen LogP) is -9.80. The fourth-order valence-electron chi connectivity index (χ4n) is 11.1. The normalized spacial score (nSPS) is 46.8. The molecule has 0 aromatic heterocycles. The highest BCUT2D eigenvalue weighted by molar-refractivity contribution is 5.87. The number of nitrogens with two attached hydrogens (primary N) is 14. The molecule has 21 saturated heterocycles. The molecule has 35 atom stereocenters. The van der Waals surface area contributed by atoms with E-state index >= 15 is 0 Å². The van der Waals surface area contributed by atoms with Gasteiger partial charge in [0.1, 0.15) is 128 Å². The van der Waals surface area contributed by atoms with Crippen LogP contribution in [0.25, 0.3) is 0 Å². The van der Waals surface area contributed by atoms with Gasteiger partial charge in [-0.25, -0.2) is 0 Å². The molecule has 91 heavy (non-hydrogen) atoms. The van der Waals surface area contributed by atoms with Gasteiger partial charge in [0.25, 0.3) is 0 Å². The van der Waals surface area contributed by atoms with Crippen molar-refractivity contribution < 1.29 is 102 Å². The number of hydrogen-bond acceptors (Lipinski definition) is 35. The van der Waals surface area contributed by atoms with Crippen molar-refractivity contribution in [3.63, 3.8) is 0 Å². The summed E-state index contributed by atoms with van der Waals surface area (Å²) in [6.45, 7) is -2.01. The van der Waals surface area contributed by atoms with Crippen molar-refractivity contribution in [3.8, 4) is 0 Å². The third kappa shape index (κ3) is 22.3. The Bertz CT molecular complexity index is 1560. The zero-order valence-electron chi connectivity index (χ0n) is 47.8. The minimum atomic E-state index is -1.70. The van der Waals surface area contributed by atoms with Crippen LogP contribution in [-0.4, -0.2) is 296 Å². The summed E-state index contributed by atoms with van der Waals surface area (Å²) in [5.74, 6) is 0. The molecule has 49 heteroatoms. The molecule has 0 radical (unpaired) electrons. The average Bonchev–Trinajstić information content (AvgIpc) is 3.09. The van der Waals surface area contributed by atoms with Crippen molar-refractivity contribution >= 4 is 174 Å². The Morgan fingerprint density at radius 3 is 0.341 bits per heavy atom. The Kier molecular flexibility index (Phi) is 55.3. The van der Waals surface area contributed by atoms with Crippen molar-refractivity contribution in [2.24, 2.45) is 80.3 Å². The van der Waals surface area contributed by atoms with Crippen LogP contribution in [0.1, 0.15) is 0 Å². The van der Waals surface area contributed by atoms with Crippen LogP contribution in [0.2, 0.25) is 0 Å². The van der Waals surface area contributed by atoms with Gasteiger partial charge in [-0.05, 0) is 0 Å². The van der Waals surface area contributed by atoms with Crippen molar-refractivity contribution in [1.29, 1.82) is 0 Å². The van der Waals surface area contributed by atoms with Gasteiger partial charge in [-0.15, -0.1) is 174 Å². The lowest BCUT2D eigenvalue weighted by atomic mass is 9.93. The lowest BCUT2D eigenvalue weighted by Gasteiger charge is -2.51. The van der Waals surface area contributed by atoms with E-state index in [0.717, 1.165) is 0 Å². The molecule has 0 aromatic rings. The van der Waals surface area contributed by atoms with E-state index in [4.69, 9.17) is 147 Å². The van der Waals surface area contributed by atoms with Crippen LogP contribution >= 0.6 is 174 Å². The monoisotopic (exact) mass is 1620 g/mol. The first-order valence-electron chi connectivity index (χ1n) is 25.8. The molecule has 21 aliphatic heterocycles. The quantitative estimate of drug-likeness (QED) is 0.113. The number of halogens is 14. The molecule has 0 aliphatic carbocycles. The summed E-state index contributed by atoms with van der Waals surface area (Å²) in [6, 6.07) is -9.55. The lowest BCUT2D eigenvalue weighted by molar-refractivity contribution is -0.365. The number of aliphatic hydroxyl groups is 7. The minimum absolute atomic E-state index is 0. The summed E-state index contributed by atoms with van der Waals surface area (Å²) in [6.07, 6.45) is -40.2. The number of ether oxygens (including phenoxy) is 14. The molecule has 21 heterocycles. The van der Waals surface area contributed by atoms with E-state index in [1.165, 1.54) is 0 Å². The van der Waals surface area contributed by atoms with Gasteiger partial charge in [-0.2, -0.15) is 0 Å². The second kappa shape index (κ2) is 47.0. The van der Waals surface area contributed by atoms with Crippen LogP contribution in [0.4, 0.5) is 0 Å². The van der Waals surface area contributed by atoms with E-state index in [0.29, 0.717) is 0 Å². The second-order valence-corrected chi connectivity index (χ2v) is 20.6. The van der Waals surface area contributed by atoms with Crippen molar-refractivity contribution in [2.45, 2.75) is 215 Å². The molecule has 0 aromatic carbocycles. The van der Waals surface area contributed by atoms with Gasteiger partial charge < -0.3 is 182 Å². The highest BCUT2D eigenvalue weighted by atomic mass is 35.5. The third-order valence-electron chi connectivity index (χ3n) is 15.8. The molecule has 21 fully saturated rings. The number of aliphatic hydroxyl groups excluding tert-OH is 7. The SMILES string of the molecule is Cl.Cl.Cl.Cl.Cl.Cl.Cl.Cl.Cl.Cl.Cl.Cl.Cl.Cl.NC[C@H]1O[C@@H]2O[C@H]3[C@@H](N)[C@H](O)[C@@H](O[C@H]4[C@@H](N)[C@H](O)[C@@H](O[C@H]5[C@@H](N)[C@H](O)[C@@H](O[C@H]6[C@@H](N)[C@H](O)[C@@H](O[C@H]7[C@@H](N)[C@H](O)[C@@H](O[C@H]8[C@@H](N)[C@H](O)[C@@H](O[C@H]1[C@@H](N)[C@@H]2O)O[C@@H]8CN)O[C@@H]7CN)O[C@@H]6CN)O[C@@H]5CN)O[C@@H]4CN)O[C@@H]3CN. The fourth-order valence-corrected chi connectivity index (χ4v) is 11.1. The maximum absolute atomic E-state index is 11.6. The molecular formula is C42H98Cl14N14O21. The van der Waals surface area contributed by atoms with Crippen LogP contribution < -0.4 is 80.3 Å².